The van der Waals surface area contributed by atoms with Gasteiger partial charge in [-0.05, 0) is 35.9 Å². The van der Waals surface area contributed by atoms with Crippen LogP contribution in [0.1, 0.15) is 15.9 Å². The lowest BCUT2D eigenvalue weighted by Gasteiger charge is -2.25. The average Bonchev–Trinajstić information content (AvgIpc) is 3.32. The lowest BCUT2D eigenvalue weighted by atomic mass is 10.2. The normalized spacial score (nSPS) is 13.5. The van der Waals surface area contributed by atoms with Gasteiger partial charge in [0.1, 0.15) is 4.90 Å². The summed E-state index contributed by atoms with van der Waals surface area (Å²) in [6.07, 6.45) is 0. The summed E-state index contributed by atoms with van der Waals surface area (Å²) in [6, 6.07) is 22.3. The minimum absolute atomic E-state index is 0.0446. The van der Waals surface area contributed by atoms with Crippen molar-refractivity contribution < 1.29 is 13.2 Å². The second-order valence-electron chi connectivity index (χ2n) is 6.97. The topological polar surface area (TPSA) is 78.8 Å². The van der Waals surface area contributed by atoms with Gasteiger partial charge in [-0.2, -0.15) is 0 Å². The fourth-order valence-electron chi connectivity index (χ4n) is 3.20. The van der Waals surface area contributed by atoms with Crippen LogP contribution in [-0.2, 0) is 16.6 Å². The molecule has 0 saturated heterocycles. The summed E-state index contributed by atoms with van der Waals surface area (Å²) >= 11 is 7.77. The Morgan fingerprint density at radius 3 is 2.38 bits per heavy atom. The van der Waals surface area contributed by atoms with Gasteiger partial charge in [0.05, 0.1) is 23.8 Å². The summed E-state index contributed by atoms with van der Waals surface area (Å²) in [5.41, 5.74) is 1.51. The van der Waals surface area contributed by atoms with Crippen LogP contribution in [0.25, 0.3) is 0 Å². The third-order valence-corrected chi connectivity index (χ3v) is 7.93. The van der Waals surface area contributed by atoms with E-state index in [4.69, 9.17) is 11.6 Å². The second kappa shape index (κ2) is 9.77. The van der Waals surface area contributed by atoms with E-state index >= 15 is 0 Å². The predicted molar refractivity (Wildman–Crippen MR) is 130 cm³/mol. The largest absolute Gasteiger partial charge is 0.301 e. The average molecular weight is 486 g/mol. The third kappa shape index (κ3) is 4.98. The van der Waals surface area contributed by atoms with Gasteiger partial charge in [0.2, 0.25) is 0 Å². The Kier molecular flexibility index (Phi) is 6.83. The van der Waals surface area contributed by atoms with Gasteiger partial charge in [-0.1, -0.05) is 71.9 Å². The van der Waals surface area contributed by atoms with Crippen molar-refractivity contribution in [3.05, 3.63) is 95.0 Å². The Bertz CT molecular complexity index is 1250. The fraction of sp³-hybridized carbons (Fsp3) is 0.130. The zero-order valence-corrected chi connectivity index (χ0v) is 19.3. The number of sulfonamides is 1. The SMILES string of the molecule is O=C(NC1=NCCS1)c1ccc(Cl)c(S(=O)(=O)N(Cc2ccccc2)c2ccccc2)c1. The number of para-hydroxylation sites is 1. The molecule has 164 valence electrons. The number of carbonyl (C=O) groups is 1. The van der Waals surface area contributed by atoms with E-state index in [1.165, 1.54) is 34.3 Å². The van der Waals surface area contributed by atoms with Crippen LogP contribution < -0.4 is 9.62 Å². The number of halogens is 1. The number of carbonyl (C=O) groups excluding carboxylic acids is 1. The number of anilines is 1. The van der Waals surface area contributed by atoms with E-state index in [-0.39, 0.29) is 22.0 Å². The fourth-order valence-corrected chi connectivity index (χ4v) is 5.88. The van der Waals surface area contributed by atoms with Crippen LogP contribution >= 0.6 is 23.4 Å². The minimum Gasteiger partial charge on any atom is -0.301 e. The van der Waals surface area contributed by atoms with E-state index in [1.807, 2.05) is 36.4 Å². The highest BCUT2D eigenvalue weighted by atomic mass is 35.5. The molecule has 0 fully saturated rings. The van der Waals surface area contributed by atoms with Crippen LogP contribution in [0, 0.1) is 0 Å². The quantitative estimate of drug-likeness (QED) is 0.554. The summed E-state index contributed by atoms with van der Waals surface area (Å²) in [7, 11) is -4.08. The van der Waals surface area contributed by atoms with Gasteiger partial charge in [0.15, 0.2) is 5.17 Å². The van der Waals surface area contributed by atoms with Crippen LogP contribution in [0.2, 0.25) is 5.02 Å². The molecule has 9 heteroatoms. The zero-order valence-electron chi connectivity index (χ0n) is 16.9. The van der Waals surface area contributed by atoms with Crippen molar-refractivity contribution in [3.63, 3.8) is 0 Å². The Hall–Kier alpha value is -2.81. The first-order valence-electron chi connectivity index (χ1n) is 9.85. The molecule has 0 atom stereocenters. The minimum atomic E-state index is -4.08. The van der Waals surface area contributed by atoms with Crippen molar-refractivity contribution in [1.82, 2.24) is 5.32 Å². The van der Waals surface area contributed by atoms with Crippen molar-refractivity contribution in [3.8, 4) is 0 Å². The smallest absolute Gasteiger partial charge is 0.266 e. The van der Waals surface area contributed by atoms with Gasteiger partial charge in [-0.25, -0.2) is 8.42 Å². The van der Waals surface area contributed by atoms with Gasteiger partial charge in [-0.3, -0.25) is 14.1 Å². The molecule has 3 aromatic carbocycles. The molecule has 6 nitrogen and oxygen atoms in total. The maximum absolute atomic E-state index is 13.8. The molecule has 4 rings (SSSR count). The van der Waals surface area contributed by atoms with Crippen molar-refractivity contribution >= 4 is 50.1 Å². The molecule has 1 heterocycles. The summed E-state index contributed by atoms with van der Waals surface area (Å²) < 4.78 is 28.8. The number of hydrogen-bond donors (Lipinski definition) is 1. The first-order valence-corrected chi connectivity index (χ1v) is 12.7. The number of hydrogen-bond acceptors (Lipinski definition) is 5. The number of nitrogens with zero attached hydrogens (tertiary/aromatic N) is 2. The number of benzene rings is 3. The highest BCUT2D eigenvalue weighted by Crippen LogP contribution is 2.31. The molecular weight excluding hydrogens is 466 g/mol. The molecule has 32 heavy (non-hydrogen) atoms. The molecule has 0 aliphatic carbocycles. The van der Waals surface area contributed by atoms with Crippen molar-refractivity contribution in [1.29, 1.82) is 0 Å². The van der Waals surface area contributed by atoms with Gasteiger partial charge in [0, 0.05) is 11.3 Å². The lowest BCUT2D eigenvalue weighted by Crippen LogP contribution is -2.31. The molecule has 0 aromatic heterocycles. The molecule has 3 aromatic rings. The number of amidine groups is 1. The van der Waals surface area contributed by atoms with E-state index < -0.39 is 15.9 Å². The van der Waals surface area contributed by atoms with E-state index in [0.717, 1.165) is 11.3 Å². The maximum atomic E-state index is 13.8. The Morgan fingerprint density at radius 2 is 1.72 bits per heavy atom. The molecule has 0 saturated carbocycles. The summed E-state index contributed by atoms with van der Waals surface area (Å²) in [5, 5.41) is 3.29. The highest BCUT2D eigenvalue weighted by molar-refractivity contribution is 8.14. The van der Waals surface area contributed by atoms with Gasteiger partial charge >= 0.3 is 0 Å². The van der Waals surface area contributed by atoms with Crippen molar-refractivity contribution in [2.75, 3.05) is 16.6 Å². The van der Waals surface area contributed by atoms with Crippen LogP contribution in [0.5, 0.6) is 0 Å². The number of aliphatic imine (C=N–C) groups is 1. The molecule has 1 N–H and O–H groups in total. The highest BCUT2D eigenvalue weighted by Gasteiger charge is 2.28. The Balaban J connectivity index is 1.72. The zero-order chi connectivity index (χ0) is 22.6. The first-order chi connectivity index (χ1) is 15.4. The predicted octanol–water partition coefficient (Wildman–Crippen LogP) is 4.57. The van der Waals surface area contributed by atoms with Crippen LogP contribution in [-0.4, -0.2) is 31.8 Å². The van der Waals surface area contributed by atoms with Gasteiger partial charge < -0.3 is 5.32 Å². The van der Waals surface area contributed by atoms with Gasteiger partial charge in [-0.15, -0.1) is 0 Å². The summed E-state index contributed by atoms with van der Waals surface area (Å²) in [6.45, 7) is 0.763. The molecular formula is C23H20ClN3O3S2. The third-order valence-electron chi connectivity index (χ3n) is 4.78. The number of amides is 1. The van der Waals surface area contributed by atoms with Crippen LogP contribution in [0.3, 0.4) is 0 Å². The van der Waals surface area contributed by atoms with Crippen LogP contribution in [0.15, 0.2) is 88.8 Å². The molecule has 0 bridgehead atoms. The van der Waals surface area contributed by atoms with Crippen molar-refractivity contribution in [2.45, 2.75) is 11.4 Å². The van der Waals surface area contributed by atoms with E-state index in [0.29, 0.717) is 17.4 Å². The number of rotatable bonds is 6. The standard InChI is InChI=1S/C23H20ClN3O3S2/c24-20-12-11-18(22(28)26-23-25-13-14-31-23)15-21(20)32(29,30)27(19-9-5-2-6-10-19)16-17-7-3-1-4-8-17/h1-12,15H,13-14,16H2,(H,25,26,28). The maximum Gasteiger partial charge on any atom is 0.266 e. The summed E-state index contributed by atoms with van der Waals surface area (Å²) in [4.78, 5) is 16.7. The Labute approximate surface area is 196 Å². The van der Waals surface area contributed by atoms with E-state index in [1.54, 1.807) is 24.3 Å². The second-order valence-corrected chi connectivity index (χ2v) is 10.3. The number of thioether (sulfide) groups is 1. The number of nitrogens with one attached hydrogen (secondary N) is 1. The molecule has 1 aliphatic rings. The lowest BCUT2D eigenvalue weighted by molar-refractivity contribution is 0.0978. The Morgan fingerprint density at radius 1 is 1.03 bits per heavy atom. The van der Waals surface area contributed by atoms with Gasteiger partial charge in [0.25, 0.3) is 15.9 Å². The van der Waals surface area contributed by atoms with E-state index in [9.17, 15) is 13.2 Å². The first kappa shape index (κ1) is 22.4. The van der Waals surface area contributed by atoms with Crippen molar-refractivity contribution in [2.24, 2.45) is 4.99 Å². The molecule has 0 radical (unpaired) electrons. The monoisotopic (exact) mass is 485 g/mol. The molecule has 0 unspecified atom stereocenters. The molecule has 1 aliphatic heterocycles. The molecule has 0 spiro atoms. The van der Waals surface area contributed by atoms with E-state index in [2.05, 4.69) is 10.3 Å². The summed E-state index contributed by atoms with van der Waals surface area (Å²) in [5.74, 6) is 0.377. The van der Waals surface area contributed by atoms with Crippen LogP contribution in [0.4, 0.5) is 5.69 Å². The molecule has 1 amide bonds.